The molecule has 92 valence electrons. The molecule has 1 aliphatic rings. The number of esters is 1. The van der Waals surface area contributed by atoms with Crippen molar-refractivity contribution in [2.24, 2.45) is 0 Å². The fraction of sp³-hybridized carbons (Fsp3) is 0.700. The highest BCUT2D eigenvalue weighted by Crippen LogP contribution is 2.23. The van der Waals surface area contributed by atoms with Gasteiger partial charge < -0.3 is 24.4 Å². The summed E-state index contributed by atoms with van der Waals surface area (Å²) in [6.07, 6.45) is -2.28. The summed E-state index contributed by atoms with van der Waals surface area (Å²) in [5.41, 5.74) is 0. The number of ether oxygens (including phenoxy) is 3. The first kappa shape index (κ1) is 12.8. The van der Waals surface area contributed by atoms with Crippen molar-refractivity contribution in [3.05, 3.63) is 11.5 Å². The lowest BCUT2D eigenvalue weighted by Crippen LogP contribution is -2.33. The first-order valence-electron chi connectivity index (χ1n) is 4.95. The van der Waals surface area contributed by atoms with Crippen molar-refractivity contribution in [1.82, 2.24) is 0 Å². The molecule has 0 saturated heterocycles. The Bertz CT molecular complexity index is 296. The van der Waals surface area contributed by atoms with Crippen LogP contribution in [0.15, 0.2) is 11.5 Å². The largest absolute Gasteiger partial charge is 0.505 e. The number of aliphatic hydroxyl groups is 2. The average Bonchev–Trinajstić information content (AvgIpc) is 2.50. The van der Waals surface area contributed by atoms with E-state index in [1.165, 1.54) is 7.11 Å². The van der Waals surface area contributed by atoms with Crippen LogP contribution in [0.5, 0.6) is 0 Å². The number of hydrogen-bond acceptors (Lipinski definition) is 6. The molecule has 2 N–H and O–H groups in total. The zero-order valence-electron chi connectivity index (χ0n) is 9.47. The number of aliphatic hydroxyl groups excluding tert-OH is 2. The fourth-order valence-corrected chi connectivity index (χ4v) is 1.29. The zero-order valence-corrected chi connectivity index (χ0v) is 9.47. The Morgan fingerprint density at radius 3 is 2.56 bits per heavy atom. The van der Waals surface area contributed by atoms with E-state index < -0.39 is 23.9 Å². The Balaban J connectivity index is 2.62. The summed E-state index contributed by atoms with van der Waals surface area (Å²) in [6, 6.07) is 0. The van der Waals surface area contributed by atoms with E-state index in [0.29, 0.717) is 0 Å². The van der Waals surface area contributed by atoms with Gasteiger partial charge >= 0.3 is 5.97 Å². The minimum atomic E-state index is -1.11. The van der Waals surface area contributed by atoms with E-state index in [2.05, 4.69) is 4.74 Å². The molecule has 1 aliphatic heterocycles. The van der Waals surface area contributed by atoms with Crippen molar-refractivity contribution in [3.8, 4) is 0 Å². The third kappa shape index (κ3) is 2.65. The van der Waals surface area contributed by atoms with Crippen LogP contribution < -0.4 is 0 Å². The molecule has 0 aliphatic carbocycles. The van der Waals surface area contributed by atoms with Gasteiger partial charge in [0.2, 0.25) is 5.76 Å². The predicted octanol–water partition coefficient (Wildman–Crippen LogP) is 0.114. The molecule has 0 bridgehead atoms. The van der Waals surface area contributed by atoms with Crippen molar-refractivity contribution in [2.75, 3.05) is 13.7 Å². The van der Waals surface area contributed by atoms with E-state index in [9.17, 15) is 15.0 Å². The fourth-order valence-electron chi connectivity index (χ4n) is 1.29. The van der Waals surface area contributed by atoms with Crippen LogP contribution in [-0.2, 0) is 19.0 Å². The molecule has 0 fully saturated rings. The van der Waals surface area contributed by atoms with Gasteiger partial charge in [-0.1, -0.05) is 0 Å². The number of methoxy groups -OCH3 is 1. The van der Waals surface area contributed by atoms with E-state index in [-0.39, 0.29) is 18.5 Å². The SMILES string of the molecule is COC1=C(O)C(C(O)COC(C)C)OC1=O. The first-order valence-corrected chi connectivity index (χ1v) is 4.95. The lowest BCUT2D eigenvalue weighted by atomic mass is 10.2. The van der Waals surface area contributed by atoms with Crippen LogP contribution in [-0.4, -0.2) is 48.2 Å². The molecule has 1 rings (SSSR count). The van der Waals surface area contributed by atoms with Gasteiger partial charge in [-0.25, -0.2) is 4.79 Å². The van der Waals surface area contributed by atoms with Crippen LogP contribution in [0.4, 0.5) is 0 Å². The number of carbonyl (C=O) groups excluding carboxylic acids is 1. The lowest BCUT2D eigenvalue weighted by molar-refractivity contribution is -0.149. The monoisotopic (exact) mass is 232 g/mol. The molecule has 0 aromatic carbocycles. The lowest BCUT2D eigenvalue weighted by Gasteiger charge is -2.18. The molecule has 0 spiro atoms. The average molecular weight is 232 g/mol. The summed E-state index contributed by atoms with van der Waals surface area (Å²) in [5, 5.41) is 19.2. The quantitative estimate of drug-likeness (QED) is 0.654. The van der Waals surface area contributed by atoms with Crippen LogP contribution in [0.3, 0.4) is 0 Å². The molecule has 2 atom stereocenters. The molecular formula is C10H16O6. The van der Waals surface area contributed by atoms with Crippen LogP contribution in [0.1, 0.15) is 13.8 Å². The Kier molecular flexibility index (Phi) is 4.14. The maximum atomic E-state index is 11.2. The summed E-state index contributed by atoms with van der Waals surface area (Å²) in [4.78, 5) is 11.2. The van der Waals surface area contributed by atoms with Gasteiger partial charge in [-0.15, -0.1) is 0 Å². The summed E-state index contributed by atoms with van der Waals surface area (Å²) in [7, 11) is 1.24. The highest BCUT2D eigenvalue weighted by Gasteiger charge is 2.40. The third-order valence-electron chi connectivity index (χ3n) is 2.08. The molecular weight excluding hydrogens is 216 g/mol. The maximum Gasteiger partial charge on any atom is 0.378 e. The van der Waals surface area contributed by atoms with E-state index in [1.54, 1.807) is 0 Å². The van der Waals surface area contributed by atoms with Crippen LogP contribution >= 0.6 is 0 Å². The van der Waals surface area contributed by atoms with Gasteiger partial charge in [0.05, 0.1) is 19.8 Å². The van der Waals surface area contributed by atoms with Gasteiger partial charge in [0, 0.05) is 0 Å². The molecule has 1 heterocycles. The van der Waals surface area contributed by atoms with Crippen molar-refractivity contribution in [2.45, 2.75) is 32.2 Å². The van der Waals surface area contributed by atoms with Gasteiger partial charge in [0.25, 0.3) is 0 Å². The number of rotatable bonds is 5. The third-order valence-corrected chi connectivity index (χ3v) is 2.08. The van der Waals surface area contributed by atoms with Crippen LogP contribution in [0, 0.1) is 0 Å². The maximum absolute atomic E-state index is 11.2. The Labute approximate surface area is 93.4 Å². The normalized spacial score (nSPS) is 22.6. The molecule has 6 heteroatoms. The van der Waals surface area contributed by atoms with Crippen molar-refractivity contribution >= 4 is 5.97 Å². The second-order valence-corrected chi connectivity index (χ2v) is 3.69. The molecule has 0 aromatic rings. The van der Waals surface area contributed by atoms with E-state index in [0.717, 1.165) is 0 Å². The summed E-state index contributed by atoms with van der Waals surface area (Å²) < 4.78 is 14.6. The predicted molar refractivity (Wildman–Crippen MR) is 53.6 cm³/mol. The zero-order chi connectivity index (χ0) is 12.3. The number of hydrogen-bond donors (Lipinski definition) is 2. The molecule has 0 amide bonds. The molecule has 0 radical (unpaired) electrons. The summed E-state index contributed by atoms with van der Waals surface area (Å²) in [5.74, 6) is -1.45. The van der Waals surface area contributed by atoms with Crippen LogP contribution in [0.25, 0.3) is 0 Å². The molecule has 16 heavy (non-hydrogen) atoms. The van der Waals surface area contributed by atoms with Gasteiger partial charge in [-0.3, -0.25) is 0 Å². The van der Waals surface area contributed by atoms with Gasteiger partial charge in [-0.05, 0) is 13.8 Å². The Morgan fingerprint density at radius 2 is 2.12 bits per heavy atom. The smallest absolute Gasteiger partial charge is 0.378 e. The summed E-state index contributed by atoms with van der Waals surface area (Å²) in [6.45, 7) is 3.59. The van der Waals surface area contributed by atoms with E-state index >= 15 is 0 Å². The highest BCUT2D eigenvalue weighted by molar-refractivity contribution is 5.89. The second-order valence-electron chi connectivity index (χ2n) is 3.69. The van der Waals surface area contributed by atoms with Crippen molar-refractivity contribution in [3.63, 3.8) is 0 Å². The summed E-state index contributed by atoms with van der Waals surface area (Å²) >= 11 is 0. The second kappa shape index (κ2) is 5.18. The minimum absolute atomic E-state index is 0.0311. The van der Waals surface area contributed by atoms with Gasteiger partial charge in [0.15, 0.2) is 11.9 Å². The number of carbonyl (C=O) groups is 1. The van der Waals surface area contributed by atoms with Crippen molar-refractivity contribution < 1.29 is 29.2 Å². The topological polar surface area (TPSA) is 85.2 Å². The van der Waals surface area contributed by atoms with Crippen LogP contribution in [0.2, 0.25) is 0 Å². The number of cyclic esters (lactones) is 1. The minimum Gasteiger partial charge on any atom is -0.505 e. The molecule has 0 saturated carbocycles. The van der Waals surface area contributed by atoms with Gasteiger partial charge in [0.1, 0.15) is 6.10 Å². The Hall–Kier alpha value is -1.27. The molecule has 6 nitrogen and oxygen atoms in total. The molecule has 2 unspecified atom stereocenters. The highest BCUT2D eigenvalue weighted by atomic mass is 16.6. The first-order chi connectivity index (χ1) is 7.47. The van der Waals surface area contributed by atoms with Gasteiger partial charge in [-0.2, -0.15) is 0 Å². The Morgan fingerprint density at radius 1 is 1.50 bits per heavy atom. The van der Waals surface area contributed by atoms with E-state index in [4.69, 9.17) is 9.47 Å². The van der Waals surface area contributed by atoms with Crippen molar-refractivity contribution in [1.29, 1.82) is 0 Å². The standard InChI is InChI=1S/C10H16O6/c1-5(2)15-4-6(11)8-7(12)9(14-3)10(13)16-8/h5-6,8,11-12H,4H2,1-3H3. The van der Waals surface area contributed by atoms with E-state index in [1.807, 2.05) is 13.8 Å². The molecule has 0 aromatic heterocycles.